The van der Waals surface area contributed by atoms with Crippen molar-refractivity contribution in [2.24, 2.45) is 0 Å². The van der Waals surface area contributed by atoms with E-state index in [4.69, 9.17) is 0 Å². The monoisotopic (exact) mass is 192 g/mol. The zero-order valence-electron chi connectivity index (χ0n) is 6.80. The third-order valence-electron chi connectivity index (χ3n) is 1.71. The Hall–Kier alpha value is -2.31. The van der Waals surface area contributed by atoms with Crippen LogP contribution in [-0.4, -0.2) is 20.1 Å². The molecule has 0 saturated carbocycles. The van der Waals surface area contributed by atoms with E-state index in [-0.39, 0.29) is 11.1 Å². The molecule has 0 amide bonds. The van der Waals surface area contributed by atoms with E-state index >= 15 is 0 Å². The number of rotatable bonds is 1. The number of hydrogen-bond acceptors (Lipinski definition) is 5. The lowest BCUT2D eigenvalue weighted by atomic mass is 10.3. The molecule has 1 N–H and O–H groups in total. The first-order valence-corrected chi connectivity index (χ1v) is 3.66. The number of H-pyrrole nitrogens is 1. The van der Waals surface area contributed by atoms with Gasteiger partial charge in [-0.2, -0.15) is 5.10 Å². The highest BCUT2D eigenvalue weighted by molar-refractivity contribution is 5.78. The Labute approximate surface area is 76.6 Å². The van der Waals surface area contributed by atoms with Gasteiger partial charge in [-0.15, -0.1) is 0 Å². The van der Waals surface area contributed by atoms with Crippen LogP contribution in [0.5, 0.6) is 0 Å². The molecule has 2 rings (SSSR count). The van der Waals surface area contributed by atoms with Gasteiger partial charge >= 0.3 is 0 Å². The van der Waals surface area contributed by atoms with Gasteiger partial charge < -0.3 is 0 Å². The molecule has 0 saturated heterocycles. The standard InChI is InChI=1S/C7H4N4O3/c12-7-5-1-4(11(13)14)2-8-6(5)3-9-10-7/h1-3H,(H,10,12). The molecule has 0 aromatic carbocycles. The number of nitrogens with zero attached hydrogens (tertiary/aromatic N) is 3. The summed E-state index contributed by atoms with van der Waals surface area (Å²) < 4.78 is 0. The predicted molar refractivity (Wildman–Crippen MR) is 46.8 cm³/mol. The van der Waals surface area contributed by atoms with Crippen LogP contribution in [0.15, 0.2) is 23.3 Å². The molecule has 2 aromatic heterocycles. The maximum Gasteiger partial charge on any atom is 0.288 e. The highest BCUT2D eigenvalue weighted by Crippen LogP contribution is 2.13. The van der Waals surface area contributed by atoms with Crippen LogP contribution < -0.4 is 5.56 Å². The van der Waals surface area contributed by atoms with Gasteiger partial charge in [0.1, 0.15) is 6.20 Å². The maximum absolute atomic E-state index is 11.2. The summed E-state index contributed by atoms with van der Waals surface area (Å²) in [6.45, 7) is 0. The topological polar surface area (TPSA) is 102 Å². The van der Waals surface area contributed by atoms with Crippen molar-refractivity contribution in [3.8, 4) is 0 Å². The number of pyridine rings is 1. The second-order valence-electron chi connectivity index (χ2n) is 2.58. The van der Waals surface area contributed by atoms with Crippen LogP contribution in [0, 0.1) is 10.1 Å². The molecule has 14 heavy (non-hydrogen) atoms. The average Bonchev–Trinajstić information content (AvgIpc) is 2.18. The molecule has 0 aliphatic heterocycles. The van der Waals surface area contributed by atoms with Gasteiger partial charge in [0.2, 0.25) is 0 Å². The minimum Gasteiger partial charge on any atom is -0.267 e. The van der Waals surface area contributed by atoms with Gasteiger partial charge in [0.05, 0.1) is 22.0 Å². The van der Waals surface area contributed by atoms with Crippen molar-refractivity contribution in [3.63, 3.8) is 0 Å². The Morgan fingerprint density at radius 1 is 1.43 bits per heavy atom. The van der Waals surface area contributed by atoms with Crippen molar-refractivity contribution in [1.82, 2.24) is 15.2 Å². The Morgan fingerprint density at radius 3 is 2.93 bits per heavy atom. The van der Waals surface area contributed by atoms with E-state index in [0.717, 1.165) is 6.20 Å². The molecule has 0 aliphatic carbocycles. The van der Waals surface area contributed by atoms with Gasteiger partial charge in [0.25, 0.3) is 11.2 Å². The van der Waals surface area contributed by atoms with Gasteiger partial charge in [-0.1, -0.05) is 0 Å². The molecule has 0 unspecified atom stereocenters. The molecule has 7 nitrogen and oxygen atoms in total. The van der Waals surface area contributed by atoms with E-state index in [1.54, 1.807) is 0 Å². The minimum atomic E-state index is -0.605. The summed E-state index contributed by atoms with van der Waals surface area (Å²) in [6.07, 6.45) is 2.42. The molecule has 0 bridgehead atoms. The second-order valence-corrected chi connectivity index (χ2v) is 2.58. The summed E-state index contributed by atoms with van der Waals surface area (Å²) in [6, 6.07) is 1.17. The van der Waals surface area contributed by atoms with E-state index in [1.165, 1.54) is 12.3 Å². The van der Waals surface area contributed by atoms with Crippen molar-refractivity contribution >= 4 is 16.6 Å². The van der Waals surface area contributed by atoms with Gasteiger partial charge in [-0.05, 0) is 0 Å². The number of nitrogens with one attached hydrogen (secondary N) is 1. The molecule has 0 atom stereocenters. The Morgan fingerprint density at radius 2 is 2.21 bits per heavy atom. The lowest BCUT2D eigenvalue weighted by molar-refractivity contribution is -0.385. The van der Waals surface area contributed by atoms with Crippen LogP contribution in [0.25, 0.3) is 10.9 Å². The predicted octanol–water partition coefficient (Wildman–Crippen LogP) is 0.226. The molecule has 0 spiro atoms. The number of hydrogen-bond donors (Lipinski definition) is 1. The summed E-state index contributed by atoms with van der Waals surface area (Å²) in [5.41, 5.74) is -0.368. The van der Waals surface area contributed by atoms with Crippen LogP contribution in [0.3, 0.4) is 0 Å². The fraction of sp³-hybridized carbons (Fsp3) is 0. The maximum atomic E-state index is 11.2. The molecule has 0 fully saturated rings. The second kappa shape index (κ2) is 2.87. The van der Waals surface area contributed by atoms with Gasteiger partial charge in [0.15, 0.2) is 0 Å². The fourth-order valence-electron chi connectivity index (χ4n) is 1.06. The third kappa shape index (κ3) is 1.20. The highest BCUT2D eigenvalue weighted by atomic mass is 16.6. The first-order valence-electron chi connectivity index (χ1n) is 3.66. The van der Waals surface area contributed by atoms with Crippen LogP contribution in [0.2, 0.25) is 0 Å². The van der Waals surface area contributed by atoms with Crippen molar-refractivity contribution < 1.29 is 4.92 Å². The van der Waals surface area contributed by atoms with Crippen LogP contribution >= 0.6 is 0 Å². The van der Waals surface area contributed by atoms with E-state index in [9.17, 15) is 14.9 Å². The van der Waals surface area contributed by atoms with E-state index < -0.39 is 10.5 Å². The number of fused-ring (bicyclic) bond motifs is 1. The molecule has 7 heteroatoms. The SMILES string of the molecule is O=c1[nH]ncc2ncc([N+](=O)[O-])cc12. The zero-order chi connectivity index (χ0) is 10.1. The lowest BCUT2D eigenvalue weighted by Crippen LogP contribution is -2.08. The molecule has 0 aliphatic rings. The first-order chi connectivity index (χ1) is 6.68. The summed E-state index contributed by atoms with van der Waals surface area (Å²) in [5, 5.41) is 16.2. The van der Waals surface area contributed by atoms with E-state index in [2.05, 4.69) is 15.2 Å². The molecular weight excluding hydrogens is 188 g/mol. The first kappa shape index (κ1) is 8.30. The van der Waals surface area contributed by atoms with Crippen molar-refractivity contribution in [2.45, 2.75) is 0 Å². The van der Waals surface area contributed by atoms with E-state index in [1.807, 2.05) is 0 Å². The van der Waals surface area contributed by atoms with Gasteiger partial charge in [-0.3, -0.25) is 14.9 Å². The zero-order valence-corrected chi connectivity index (χ0v) is 6.80. The minimum absolute atomic E-state index is 0.161. The quantitative estimate of drug-likeness (QED) is 0.514. The summed E-state index contributed by atoms with van der Waals surface area (Å²) in [5.74, 6) is 0. The fourth-order valence-corrected chi connectivity index (χ4v) is 1.06. The van der Waals surface area contributed by atoms with Crippen LogP contribution in [0.4, 0.5) is 5.69 Å². The average molecular weight is 192 g/mol. The van der Waals surface area contributed by atoms with Crippen LogP contribution in [-0.2, 0) is 0 Å². The molecule has 2 aromatic rings. The Balaban J connectivity index is 2.83. The normalized spacial score (nSPS) is 10.3. The number of aromatic amines is 1. The lowest BCUT2D eigenvalue weighted by Gasteiger charge is -1.93. The summed E-state index contributed by atoms with van der Waals surface area (Å²) in [7, 11) is 0. The molecule has 0 radical (unpaired) electrons. The third-order valence-corrected chi connectivity index (χ3v) is 1.71. The summed E-state index contributed by atoms with van der Waals surface area (Å²) in [4.78, 5) is 24.7. The Bertz CT molecular complexity index is 562. The van der Waals surface area contributed by atoms with E-state index in [0.29, 0.717) is 5.52 Å². The number of nitro groups is 1. The largest absolute Gasteiger partial charge is 0.288 e. The smallest absolute Gasteiger partial charge is 0.267 e. The molecule has 2 heterocycles. The number of aromatic nitrogens is 3. The summed E-state index contributed by atoms with van der Waals surface area (Å²) >= 11 is 0. The van der Waals surface area contributed by atoms with Crippen LogP contribution in [0.1, 0.15) is 0 Å². The highest BCUT2D eigenvalue weighted by Gasteiger charge is 2.08. The van der Waals surface area contributed by atoms with Gasteiger partial charge in [0, 0.05) is 6.07 Å². The molecule has 70 valence electrons. The van der Waals surface area contributed by atoms with Crippen molar-refractivity contribution in [3.05, 3.63) is 38.9 Å². The Kier molecular flexibility index (Phi) is 1.70. The van der Waals surface area contributed by atoms with Crippen molar-refractivity contribution in [2.75, 3.05) is 0 Å². The molecular formula is C7H4N4O3. The van der Waals surface area contributed by atoms with Crippen molar-refractivity contribution in [1.29, 1.82) is 0 Å². The van der Waals surface area contributed by atoms with Gasteiger partial charge in [-0.25, -0.2) is 10.1 Å².